The summed E-state index contributed by atoms with van der Waals surface area (Å²) >= 11 is 1.69. The lowest BCUT2D eigenvalue weighted by atomic mass is 10.1. The maximum absolute atomic E-state index is 11.9. The molecule has 0 fully saturated rings. The van der Waals surface area contributed by atoms with Gasteiger partial charge in [0.15, 0.2) is 5.78 Å². The number of ether oxygens (including phenoxy) is 1. The van der Waals surface area contributed by atoms with Crippen molar-refractivity contribution < 1.29 is 9.53 Å². The van der Waals surface area contributed by atoms with Gasteiger partial charge >= 0.3 is 0 Å². The van der Waals surface area contributed by atoms with Crippen molar-refractivity contribution in [1.82, 2.24) is 0 Å². The van der Waals surface area contributed by atoms with Crippen molar-refractivity contribution in [2.24, 2.45) is 0 Å². The highest BCUT2D eigenvalue weighted by Crippen LogP contribution is 2.28. The largest absolute Gasteiger partial charge is 0.490 e. The van der Waals surface area contributed by atoms with Crippen LogP contribution in [0, 0.1) is 0 Å². The Morgan fingerprint density at radius 3 is 3.24 bits per heavy atom. The molecule has 3 nitrogen and oxygen atoms in total. The molecule has 1 heterocycles. The van der Waals surface area contributed by atoms with E-state index in [0.717, 1.165) is 35.7 Å². The van der Waals surface area contributed by atoms with Gasteiger partial charge in [0.1, 0.15) is 12.4 Å². The highest BCUT2D eigenvalue weighted by molar-refractivity contribution is 7.99. The van der Waals surface area contributed by atoms with E-state index in [1.165, 1.54) is 0 Å². The number of anilines is 1. The van der Waals surface area contributed by atoms with E-state index < -0.39 is 0 Å². The van der Waals surface area contributed by atoms with Crippen LogP contribution in [0.5, 0.6) is 5.75 Å². The fourth-order valence-corrected chi connectivity index (χ4v) is 2.49. The average Bonchev–Trinajstić information content (AvgIpc) is 2.38. The number of hydrogen-bond acceptors (Lipinski definition) is 4. The zero-order valence-corrected chi connectivity index (χ0v) is 10.8. The van der Waals surface area contributed by atoms with E-state index >= 15 is 0 Å². The molecule has 1 aromatic rings. The molecule has 0 unspecified atom stereocenters. The molecule has 0 saturated carbocycles. The number of Topliss-reactive ketones (excluding diaryl/α,β-unsaturated/α-hetero) is 1. The molecule has 0 bridgehead atoms. The number of carbonyl (C=O) groups is 1. The second-order valence-corrected chi connectivity index (χ2v) is 5.07. The van der Waals surface area contributed by atoms with Gasteiger partial charge in [-0.1, -0.05) is 6.92 Å². The van der Waals surface area contributed by atoms with Gasteiger partial charge in [0.25, 0.3) is 0 Å². The third-order valence-corrected chi connectivity index (χ3v) is 3.72. The van der Waals surface area contributed by atoms with E-state index in [4.69, 9.17) is 4.74 Å². The van der Waals surface area contributed by atoms with Gasteiger partial charge in [0.05, 0.1) is 11.4 Å². The van der Waals surface area contributed by atoms with Crippen molar-refractivity contribution in [2.45, 2.75) is 13.3 Å². The van der Waals surface area contributed by atoms with Crippen LogP contribution < -0.4 is 10.1 Å². The van der Waals surface area contributed by atoms with Gasteiger partial charge in [0, 0.05) is 12.1 Å². The van der Waals surface area contributed by atoms with Gasteiger partial charge in [-0.15, -0.1) is 0 Å². The van der Waals surface area contributed by atoms with Crippen molar-refractivity contribution in [1.29, 1.82) is 0 Å². The normalized spacial score (nSPS) is 13.5. The summed E-state index contributed by atoms with van der Waals surface area (Å²) in [5, 5.41) is 3.24. The summed E-state index contributed by atoms with van der Waals surface area (Å²) in [6.07, 6.45) is 1.11. The minimum absolute atomic E-state index is 0.193. The molecule has 92 valence electrons. The van der Waals surface area contributed by atoms with E-state index in [1.807, 2.05) is 18.2 Å². The first kappa shape index (κ1) is 12.3. The van der Waals surface area contributed by atoms with Crippen LogP contribution in [0.1, 0.15) is 23.7 Å². The number of benzene rings is 1. The Kier molecular flexibility index (Phi) is 4.31. The Morgan fingerprint density at radius 1 is 1.53 bits per heavy atom. The van der Waals surface area contributed by atoms with Gasteiger partial charge in [-0.05, 0) is 30.4 Å². The minimum Gasteiger partial charge on any atom is -0.490 e. The highest BCUT2D eigenvalue weighted by atomic mass is 32.2. The minimum atomic E-state index is 0.193. The smallest absolute Gasteiger partial charge is 0.172 e. The molecule has 0 saturated heterocycles. The zero-order valence-electron chi connectivity index (χ0n) is 9.99. The molecule has 1 aliphatic heterocycles. The van der Waals surface area contributed by atoms with Gasteiger partial charge < -0.3 is 10.1 Å². The van der Waals surface area contributed by atoms with Crippen LogP contribution in [0.15, 0.2) is 18.2 Å². The number of thioether (sulfide) groups is 1. The van der Waals surface area contributed by atoms with Crippen LogP contribution in [-0.4, -0.2) is 30.4 Å². The first-order valence-electron chi connectivity index (χ1n) is 5.93. The maximum atomic E-state index is 11.9. The van der Waals surface area contributed by atoms with Crippen molar-refractivity contribution in [3.05, 3.63) is 23.8 Å². The van der Waals surface area contributed by atoms with Gasteiger partial charge in [-0.2, -0.15) is 11.8 Å². The Morgan fingerprint density at radius 2 is 2.41 bits per heavy atom. The Balaban J connectivity index is 2.03. The summed E-state index contributed by atoms with van der Waals surface area (Å²) in [7, 11) is 0. The quantitative estimate of drug-likeness (QED) is 0.645. The summed E-state index contributed by atoms with van der Waals surface area (Å²) in [5.41, 5.74) is 1.70. The van der Waals surface area contributed by atoms with Gasteiger partial charge in [-0.25, -0.2) is 0 Å². The summed E-state index contributed by atoms with van der Waals surface area (Å²) < 4.78 is 5.48. The van der Waals surface area contributed by atoms with E-state index in [1.54, 1.807) is 11.8 Å². The Hall–Kier alpha value is -1.16. The van der Waals surface area contributed by atoms with Crippen LogP contribution in [0.2, 0.25) is 0 Å². The lowest BCUT2D eigenvalue weighted by molar-refractivity contribution is 0.102. The molecular weight excluding hydrogens is 234 g/mol. The monoisotopic (exact) mass is 251 g/mol. The van der Waals surface area contributed by atoms with Gasteiger partial charge in [0.2, 0.25) is 0 Å². The fraction of sp³-hybridized carbons (Fsp3) is 0.462. The summed E-state index contributed by atoms with van der Waals surface area (Å²) in [6.45, 7) is 3.61. The number of fused-ring (bicyclic) bond motifs is 1. The Bertz CT molecular complexity index is 406. The molecule has 1 N–H and O–H groups in total. The topological polar surface area (TPSA) is 38.3 Å². The van der Waals surface area contributed by atoms with E-state index in [0.29, 0.717) is 12.4 Å². The van der Waals surface area contributed by atoms with E-state index in [9.17, 15) is 4.79 Å². The highest BCUT2D eigenvalue weighted by Gasteiger charge is 2.13. The molecule has 0 spiro atoms. The predicted octanol–water partition coefficient (Wildman–Crippen LogP) is 2.82. The van der Waals surface area contributed by atoms with Crippen LogP contribution in [0.4, 0.5) is 5.69 Å². The number of nitrogens with one attached hydrogen (secondary N) is 1. The lowest BCUT2D eigenvalue weighted by Gasteiger charge is -2.19. The molecule has 0 aromatic heterocycles. The standard InChI is InChI=1S/C13H17NO2S/c1-2-7-17-9-12(15)10-3-4-13-11(8-10)14-5-6-16-13/h3-4,8,14H,2,5-7,9H2,1H3. The average molecular weight is 251 g/mol. The van der Waals surface area contributed by atoms with E-state index in [-0.39, 0.29) is 5.78 Å². The number of rotatable bonds is 5. The summed E-state index contributed by atoms with van der Waals surface area (Å²) in [6, 6.07) is 5.61. The summed E-state index contributed by atoms with van der Waals surface area (Å²) in [5.74, 6) is 2.64. The third-order valence-electron chi connectivity index (χ3n) is 2.56. The molecule has 0 radical (unpaired) electrons. The maximum Gasteiger partial charge on any atom is 0.172 e. The number of ketones is 1. The lowest BCUT2D eigenvalue weighted by Crippen LogP contribution is -2.18. The fourth-order valence-electron chi connectivity index (χ4n) is 1.71. The zero-order chi connectivity index (χ0) is 12.1. The van der Waals surface area contributed by atoms with Crippen LogP contribution >= 0.6 is 11.8 Å². The predicted molar refractivity (Wildman–Crippen MR) is 72.4 cm³/mol. The molecule has 1 aliphatic rings. The van der Waals surface area contributed by atoms with Gasteiger partial charge in [-0.3, -0.25) is 4.79 Å². The van der Waals surface area contributed by atoms with Crippen molar-refractivity contribution in [3.63, 3.8) is 0 Å². The molecule has 4 heteroatoms. The second-order valence-electron chi connectivity index (χ2n) is 3.96. The van der Waals surface area contributed by atoms with Crippen LogP contribution in [-0.2, 0) is 0 Å². The Labute approximate surface area is 106 Å². The van der Waals surface area contributed by atoms with Crippen LogP contribution in [0.25, 0.3) is 0 Å². The first-order chi connectivity index (χ1) is 8.31. The van der Waals surface area contributed by atoms with Crippen LogP contribution in [0.3, 0.4) is 0 Å². The molecule has 0 aliphatic carbocycles. The molecular formula is C13H17NO2S. The molecule has 2 rings (SSSR count). The first-order valence-corrected chi connectivity index (χ1v) is 7.08. The van der Waals surface area contributed by atoms with E-state index in [2.05, 4.69) is 12.2 Å². The molecule has 0 atom stereocenters. The third kappa shape index (κ3) is 3.16. The SMILES string of the molecule is CCCSCC(=O)c1ccc2c(c1)NCCO2. The number of hydrogen-bond donors (Lipinski definition) is 1. The molecule has 0 amide bonds. The molecule has 17 heavy (non-hydrogen) atoms. The van der Waals surface area contributed by atoms with Crippen molar-refractivity contribution >= 4 is 23.2 Å². The molecule has 1 aromatic carbocycles. The van der Waals surface area contributed by atoms with Crippen molar-refractivity contribution in [2.75, 3.05) is 30.0 Å². The van der Waals surface area contributed by atoms with Crippen molar-refractivity contribution in [3.8, 4) is 5.75 Å². The number of carbonyl (C=O) groups excluding carboxylic acids is 1. The summed E-state index contributed by atoms with van der Waals surface area (Å²) in [4.78, 5) is 11.9. The second kappa shape index (κ2) is 5.96.